The lowest BCUT2D eigenvalue weighted by Crippen LogP contribution is -2.40. The largest absolute Gasteiger partial charge is 0.381 e. The van der Waals surface area contributed by atoms with Crippen molar-refractivity contribution in [1.82, 2.24) is 15.5 Å². The molecular weight excluding hydrogens is 300 g/mol. The number of nitrogens with zero attached hydrogens (tertiary/aromatic N) is 2. The van der Waals surface area contributed by atoms with Crippen molar-refractivity contribution >= 4 is 5.96 Å². The Morgan fingerprint density at radius 3 is 2.83 bits per heavy atom. The zero-order valence-corrected chi connectivity index (χ0v) is 15.9. The predicted octanol–water partition coefficient (Wildman–Crippen LogP) is 2.48. The molecule has 1 atom stereocenters. The van der Waals surface area contributed by atoms with E-state index in [1.807, 2.05) is 0 Å². The molecule has 140 valence electrons. The lowest BCUT2D eigenvalue weighted by molar-refractivity contribution is 0.123. The highest BCUT2D eigenvalue weighted by molar-refractivity contribution is 5.79. The van der Waals surface area contributed by atoms with Gasteiger partial charge in [0.25, 0.3) is 0 Å². The zero-order valence-electron chi connectivity index (χ0n) is 15.9. The molecule has 0 bridgehead atoms. The van der Waals surface area contributed by atoms with E-state index in [9.17, 15) is 0 Å². The second-order valence-corrected chi connectivity index (χ2v) is 7.46. The standard InChI is InChI=1S/C19H38N4O/c1-3-20-19(22-11-6-14-24-16-18-8-9-18)21-10-5-13-23-12-4-7-17(2)15-23/h17-18H,3-16H2,1-2H3,(H2,20,21,22). The number of piperidine rings is 1. The van der Waals surface area contributed by atoms with Crippen molar-refractivity contribution in [2.45, 2.75) is 52.4 Å². The van der Waals surface area contributed by atoms with Crippen LogP contribution in [0.4, 0.5) is 0 Å². The number of guanidine groups is 1. The molecule has 1 saturated carbocycles. The Kier molecular flexibility index (Phi) is 9.51. The Labute approximate surface area is 148 Å². The van der Waals surface area contributed by atoms with Gasteiger partial charge in [-0.15, -0.1) is 0 Å². The summed E-state index contributed by atoms with van der Waals surface area (Å²) in [5.74, 6) is 2.68. The van der Waals surface area contributed by atoms with Crippen molar-refractivity contribution in [3.8, 4) is 0 Å². The molecule has 1 aliphatic carbocycles. The third-order valence-corrected chi connectivity index (χ3v) is 4.80. The number of ether oxygens (including phenoxy) is 1. The van der Waals surface area contributed by atoms with Crippen LogP contribution in [0.15, 0.2) is 4.99 Å². The van der Waals surface area contributed by atoms with E-state index in [1.165, 1.54) is 51.7 Å². The van der Waals surface area contributed by atoms with Crippen molar-refractivity contribution in [2.24, 2.45) is 16.8 Å². The smallest absolute Gasteiger partial charge is 0.191 e. The van der Waals surface area contributed by atoms with Crippen molar-refractivity contribution in [2.75, 3.05) is 52.5 Å². The number of nitrogens with one attached hydrogen (secondary N) is 2. The fourth-order valence-corrected chi connectivity index (χ4v) is 3.23. The fourth-order valence-electron chi connectivity index (χ4n) is 3.23. The first-order valence-corrected chi connectivity index (χ1v) is 10.1. The van der Waals surface area contributed by atoms with Crippen LogP contribution in [0.2, 0.25) is 0 Å². The van der Waals surface area contributed by atoms with E-state index < -0.39 is 0 Å². The van der Waals surface area contributed by atoms with Gasteiger partial charge in [-0.3, -0.25) is 4.99 Å². The first-order chi connectivity index (χ1) is 11.8. The number of rotatable bonds is 11. The van der Waals surface area contributed by atoms with Crippen LogP contribution in [-0.4, -0.2) is 63.3 Å². The van der Waals surface area contributed by atoms with E-state index in [-0.39, 0.29) is 0 Å². The topological polar surface area (TPSA) is 48.9 Å². The van der Waals surface area contributed by atoms with Crippen LogP contribution >= 0.6 is 0 Å². The van der Waals surface area contributed by atoms with E-state index in [0.717, 1.165) is 57.1 Å². The molecule has 0 aromatic carbocycles. The van der Waals surface area contributed by atoms with E-state index in [4.69, 9.17) is 4.74 Å². The van der Waals surface area contributed by atoms with Gasteiger partial charge in [0.15, 0.2) is 5.96 Å². The van der Waals surface area contributed by atoms with Crippen LogP contribution in [0, 0.1) is 11.8 Å². The van der Waals surface area contributed by atoms with E-state index in [0.29, 0.717) is 0 Å². The number of aliphatic imine (C=N–C) groups is 1. The van der Waals surface area contributed by atoms with Crippen molar-refractivity contribution in [3.63, 3.8) is 0 Å². The monoisotopic (exact) mass is 338 g/mol. The normalized spacial score (nSPS) is 22.6. The molecule has 5 heteroatoms. The Hall–Kier alpha value is -0.810. The molecule has 2 aliphatic rings. The lowest BCUT2D eigenvalue weighted by Gasteiger charge is -2.30. The van der Waals surface area contributed by atoms with Gasteiger partial charge in [-0.25, -0.2) is 0 Å². The first kappa shape index (κ1) is 19.5. The predicted molar refractivity (Wildman–Crippen MR) is 102 cm³/mol. The Morgan fingerprint density at radius 1 is 1.21 bits per heavy atom. The van der Waals surface area contributed by atoms with Crippen molar-refractivity contribution in [1.29, 1.82) is 0 Å². The molecule has 0 aromatic rings. The van der Waals surface area contributed by atoms with Crippen LogP contribution in [-0.2, 0) is 4.74 Å². The van der Waals surface area contributed by atoms with Crippen molar-refractivity contribution < 1.29 is 4.74 Å². The fraction of sp³-hybridized carbons (Fsp3) is 0.947. The summed E-state index contributed by atoms with van der Waals surface area (Å²) in [5.41, 5.74) is 0. The molecule has 1 heterocycles. The second-order valence-electron chi connectivity index (χ2n) is 7.46. The maximum atomic E-state index is 5.66. The molecule has 2 fully saturated rings. The van der Waals surface area contributed by atoms with Crippen LogP contribution < -0.4 is 10.6 Å². The highest BCUT2D eigenvalue weighted by Gasteiger charge is 2.20. The highest BCUT2D eigenvalue weighted by Crippen LogP contribution is 2.28. The molecule has 1 saturated heterocycles. The maximum Gasteiger partial charge on any atom is 0.191 e. The number of hydrogen-bond donors (Lipinski definition) is 2. The van der Waals surface area contributed by atoms with Gasteiger partial charge in [0.2, 0.25) is 0 Å². The molecule has 2 N–H and O–H groups in total. The molecule has 1 unspecified atom stereocenters. The quantitative estimate of drug-likeness (QED) is 0.345. The highest BCUT2D eigenvalue weighted by atomic mass is 16.5. The van der Waals surface area contributed by atoms with Gasteiger partial charge in [0, 0.05) is 39.4 Å². The average molecular weight is 339 g/mol. The number of likely N-dealkylation sites (tertiary alicyclic amines) is 1. The Morgan fingerprint density at radius 2 is 2.08 bits per heavy atom. The Balaban J connectivity index is 1.51. The molecule has 0 radical (unpaired) electrons. The summed E-state index contributed by atoms with van der Waals surface area (Å²) < 4.78 is 5.66. The van der Waals surface area contributed by atoms with E-state index in [1.54, 1.807) is 0 Å². The maximum absolute atomic E-state index is 5.66. The van der Waals surface area contributed by atoms with Gasteiger partial charge >= 0.3 is 0 Å². The van der Waals surface area contributed by atoms with Gasteiger partial charge in [-0.1, -0.05) is 6.92 Å². The Bertz CT molecular complexity index is 357. The van der Waals surface area contributed by atoms with Gasteiger partial charge in [0.05, 0.1) is 0 Å². The summed E-state index contributed by atoms with van der Waals surface area (Å²) in [6.45, 7) is 12.8. The molecule has 1 aliphatic heterocycles. The summed E-state index contributed by atoms with van der Waals surface area (Å²) in [6.07, 6.45) is 7.68. The third-order valence-electron chi connectivity index (χ3n) is 4.80. The summed E-state index contributed by atoms with van der Waals surface area (Å²) in [5, 5.41) is 6.79. The SMILES string of the molecule is CCNC(=NCCCOCC1CC1)NCCCN1CCCC(C)C1. The summed E-state index contributed by atoms with van der Waals surface area (Å²) in [7, 11) is 0. The van der Waals surface area contributed by atoms with Crippen LogP contribution in [0.25, 0.3) is 0 Å². The molecular formula is C19H38N4O. The lowest BCUT2D eigenvalue weighted by atomic mass is 10.0. The van der Waals surface area contributed by atoms with Gasteiger partial charge in [0.1, 0.15) is 0 Å². The summed E-state index contributed by atoms with van der Waals surface area (Å²) in [6, 6.07) is 0. The minimum absolute atomic E-state index is 0.837. The van der Waals surface area contributed by atoms with Crippen LogP contribution in [0.5, 0.6) is 0 Å². The number of hydrogen-bond acceptors (Lipinski definition) is 3. The first-order valence-electron chi connectivity index (χ1n) is 10.1. The van der Waals surface area contributed by atoms with Gasteiger partial charge < -0.3 is 20.3 Å². The summed E-state index contributed by atoms with van der Waals surface area (Å²) >= 11 is 0. The average Bonchev–Trinajstić information content (AvgIpc) is 3.39. The molecule has 5 nitrogen and oxygen atoms in total. The van der Waals surface area contributed by atoms with Gasteiger partial charge in [-0.05, 0) is 70.4 Å². The summed E-state index contributed by atoms with van der Waals surface area (Å²) in [4.78, 5) is 7.25. The van der Waals surface area contributed by atoms with E-state index in [2.05, 4.69) is 34.4 Å². The third kappa shape index (κ3) is 8.88. The zero-order chi connectivity index (χ0) is 17.0. The van der Waals surface area contributed by atoms with Crippen molar-refractivity contribution in [3.05, 3.63) is 0 Å². The van der Waals surface area contributed by atoms with Gasteiger partial charge in [-0.2, -0.15) is 0 Å². The van der Waals surface area contributed by atoms with E-state index >= 15 is 0 Å². The van der Waals surface area contributed by atoms with Crippen LogP contribution in [0.3, 0.4) is 0 Å². The molecule has 0 spiro atoms. The minimum Gasteiger partial charge on any atom is -0.381 e. The minimum atomic E-state index is 0.837. The van der Waals surface area contributed by atoms with Crippen LogP contribution in [0.1, 0.15) is 52.4 Å². The molecule has 0 amide bonds. The second kappa shape index (κ2) is 11.7. The molecule has 0 aromatic heterocycles. The molecule has 24 heavy (non-hydrogen) atoms. The molecule has 2 rings (SSSR count).